The minimum atomic E-state index is -0.277. The van der Waals surface area contributed by atoms with Crippen LogP contribution in [0.15, 0.2) is 42.5 Å². The van der Waals surface area contributed by atoms with Crippen LogP contribution in [-0.4, -0.2) is 25.4 Å². The molecule has 6 heteroatoms. The van der Waals surface area contributed by atoms with Gasteiger partial charge < -0.3 is 14.8 Å². The van der Waals surface area contributed by atoms with E-state index in [0.29, 0.717) is 29.3 Å². The number of methoxy groups -OCH3 is 1. The summed E-state index contributed by atoms with van der Waals surface area (Å²) in [6.07, 6.45) is 0.334. The van der Waals surface area contributed by atoms with Crippen molar-refractivity contribution in [1.82, 2.24) is 5.32 Å². The molecule has 1 N–H and O–H groups in total. The van der Waals surface area contributed by atoms with E-state index < -0.39 is 0 Å². The Hall–Kier alpha value is -2.53. The first-order chi connectivity index (χ1) is 12.0. The lowest BCUT2D eigenvalue weighted by Gasteiger charge is -2.11. The van der Waals surface area contributed by atoms with Crippen molar-refractivity contribution in [2.24, 2.45) is 0 Å². The van der Waals surface area contributed by atoms with Gasteiger partial charge in [0.1, 0.15) is 11.5 Å². The van der Waals surface area contributed by atoms with Crippen molar-refractivity contribution in [2.75, 3.05) is 13.7 Å². The molecule has 0 radical (unpaired) electrons. The lowest BCUT2D eigenvalue weighted by molar-refractivity contribution is -0.123. The molecule has 0 saturated heterocycles. The predicted molar refractivity (Wildman–Crippen MR) is 96.4 cm³/mol. The topological polar surface area (TPSA) is 64.6 Å². The summed E-state index contributed by atoms with van der Waals surface area (Å²) >= 11 is 5.92. The normalized spacial score (nSPS) is 10.2. The van der Waals surface area contributed by atoms with E-state index in [4.69, 9.17) is 21.1 Å². The lowest BCUT2D eigenvalue weighted by atomic mass is 10.1. The summed E-state index contributed by atoms with van der Waals surface area (Å²) in [6, 6.07) is 12.2. The molecule has 0 aliphatic rings. The standard InChI is InChI=1S/C19H20ClNO4/c1-3-17(22)16-10-14(20)6-9-18(16)25-12-19(23)21-11-13-4-7-15(24-2)8-5-13/h4-10H,3,11-12H2,1-2H3,(H,21,23). The number of ketones is 1. The molecule has 5 nitrogen and oxygen atoms in total. The molecule has 132 valence electrons. The molecule has 1 amide bonds. The molecule has 0 aromatic heterocycles. The highest BCUT2D eigenvalue weighted by Crippen LogP contribution is 2.24. The average molecular weight is 362 g/mol. The number of halogens is 1. The molecule has 0 atom stereocenters. The monoisotopic (exact) mass is 361 g/mol. The fourth-order valence-electron chi connectivity index (χ4n) is 2.17. The Kier molecular flexibility index (Phi) is 6.83. The number of nitrogens with one attached hydrogen (secondary N) is 1. The lowest BCUT2D eigenvalue weighted by Crippen LogP contribution is -2.28. The minimum Gasteiger partial charge on any atom is -0.497 e. The first kappa shape index (κ1) is 18.8. The largest absolute Gasteiger partial charge is 0.497 e. The smallest absolute Gasteiger partial charge is 0.258 e. The van der Waals surface area contributed by atoms with Crippen molar-refractivity contribution < 1.29 is 19.1 Å². The van der Waals surface area contributed by atoms with Crippen LogP contribution < -0.4 is 14.8 Å². The van der Waals surface area contributed by atoms with Crippen LogP contribution in [0, 0.1) is 0 Å². The number of hydrogen-bond acceptors (Lipinski definition) is 4. The Morgan fingerprint density at radius 1 is 1.12 bits per heavy atom. The van der Waals surface area contributed by atoms with Gasteiger partial charge in [0.25, 0.3) is 5.91 Å². The Labute approximate surface area is 151 Å². The van der Waals surface area contributed by atoms with Crippen molar-refractivity contribution in [3.63, 3.8) is 0 Å². The van der Waals surface area contributed by atoms with Gasteiger partial charge >= 0.3 is 0 Å². The summed E-state index contributed by atoms with van der Waals surface area (Å²) in [4.78, 5) is 23.9. The van der Waals surface area contributed by atoms with Gasteiger partial charge in [-0.2, -0.15) is 0 Å². The van der Waals surface area contributed by atoms with Crippen LogP contribution in [-0.2, 0) is 11.3 Å². The fraction of sp³-hybridized carbons (Fsp3) is 0.263. The maximum absolute atomic E-state index is 12.0. The number of carbonyl (C=O) groups is 2. The van der Waals surface area contributed by atoms with Gasteiger partial charge in [-0.3, -0.25) is 9.59 Å². The van der Waals surface area contributed by atoms with E-state index in [0.717, 1.165) is 11.3 Å². The van der Waals surface area contributed by atoms with E-state index in [2.05, 4.69) is 5.32 Å². The maximum atomic E-state index is 12.0. The molecular weight excluding hydrogens is 342 g/mol. The fourth-order valence-corrected chi connectivity index (χ4v) is 2.35. The van der Waals surface area contributed by atoms with Gasteiger partial charge in [-0.25, -0.2) is 0 Å². The van der Waals surface area contributed by atoms with E-state index in [1.807, 2.05) is 24.3 Å². The van der Waals surface area contributed by atoms with Crippen LogP contribution in [0.5, 0.6) is 11.5 Å². The van der Waals surface area contributed by atoms with Gasteiger partial charge in [0, 0.05) is 18.0 Å². The second-order valence-electron chi connectivity index (χ2n) is 5.33. The molecule has 2 rings (SSSR count). The highest BCUT2D eigenvalue weighted by Gasteiger charge is 2.13. The molecule has 2 aromatic carbocycles. The highest BCUT2D eigenvalue weighted by atomic mass is 35.5. The van der Waals surface area contributed by atoms with E-state index >= 15 is 0 Å². The summed E-state index contributed by atoms with van der Waals surface area (Å²) in [5.74, 6) is 0.752. The number of rotatable bonds is 8. The van der Waals surface area contributed by atoms with Gasteiger partial charge in [0.05, 0.1) is 12.7 Å². The number of benzene rings is 2. The third-order valence-electron chi connectivity index (χ3n) is 3.57. The van der Waals surface area contributed by atoms with Gasteiger partial charge in [-0.05, 0) is 35.9 Å². The quantitative estimate of drug-likeness (QED) is 0.729. The third-order valence-corrected chi connectivity index (χ3v) is 3.81. The van der Waals surface area contributed by atoms with Crippen molar-refractivity contribution in [2.45, 2.75) is 19.9 Å². The van der Waals surface area contributed by atoms with Gasteiger partial charge in [0.15, 0.2) is 12.4 Å². The van der Waals surface area contributed by atoms with Crippen LogP contribution in [0.1, 0.15) is 29.3 Å². The average Bonchev–Trinajstić information content (AvgIpc) is 2.65. The summed E-state index contributed by atoms with van der Waals surface area (Å²) in [6.45, 7) is 1.96. The summed E-state index contributed by atoms with van der Waals surface area (Å²) in [7, 11) is 1.60. The van der Waals surface area contributed by atoms with Crippen molar-refractivity contribution in [3.05, 3.63) is 58.6 Å². The molecule has 0 spiro atoms. The second-order valence-corrected chi connectivity index (χ2v) is 5.77. The minimum absolute atomic E-state index is 0.0869. The zero-order chi connectivity index (χ0) is 18.2. The molecule has 0 bridgehead atoms. The third kappa shape index (κ3) is 5.50. The maximum Gasteiger partial charge on any atom is 0.258 e. The van der Waals surface area contributed by atoms with Gasteiger partial charge in [0.2, 0.25) is 0 Å². The van der Waals surface area contributed by atoms with Crippen molar-refractivity contribution in [3.8, 4) is 11.5 Å². The zero-order valence-corrected chi connectivity index (χ0v) is 14.9. The molecule has 2 aromatic rings. The van der Waals surface area contributed by atoms with Crippen LogP contribution in [0.2, 0.25) is 5.02 Å². The van der Waals surface area contributed by atoms with Crippen molar-refractivity contribution in [1.29, 1.82) is 0 Å². The number of hydrogen-bond donors (Lipinski definition) is 1. The van der Waals surface area contributed by atoms with Gasteiger partial charge in [-0.15, -0.1) is 0 Å². The highest BCUT2D eigenvalue weighted by molar-refractivity contribution is 6.31. The molecule has 0 aliphatic carbocycles. The van der Waals surface area contributed by atoms with E-state index in [1.165, 1.54) is 0 Å². The van der Waals surface area contributed by atoms with Crippen LogP contribution in [0.25, 0.3) is 0 Å². The summed E-state index contributed by atoms with van der Waals surface area (Å²) < 4.78 is 10.6. The number of amides is 1. The first-order valence-corrected chi connectivity index (χ1v) is 8.26. The zero-order valence-electron chi connectivity index (χ0n) is 14.2. The molecular formula is C19H20ClNO4. The second kappa shape index (κ2) is 9.08. The van der Waals surface area contributed by atoms with Crippen molar-refractivity contribution >= 4 is 23.3 Å². The number of ether oxygens (including phenoxy) is 2. The van der Waals surface area contributed by atoms with E-state index in [9.17, 15) is 9.59 Å². The molecule has 0 saturated carbocycles. The molecule has 25 heavy (non-hydrogen) atoms. The SMILES string of the molecule is CCC(=O)c1cc(Cl)ccc1OCC(=O)NCc1ccc(OC)cc1. The van der Waals surface area contributed by atoms with Crippen LogP contribution >= 0.6 is 11.6 Å². The first-order valence-electron chi connectivity index (χ1n) is 7.88. The Balaban J connectivity index is 1.90. The number of Topliss-reactive ketones (excluding diaryl/α,β-unsaturated/α-hetero) is 1. The molecule has 0 unspecified atom stereocenters. The Bertz CT molecular complexity index is 744. The molecule has 0 fully saturated rings. The summed E-state index contributed by atoms with van der Waals surface area (Å²) in [5.41, 5.74) is 1.33. The van der Waals surface area contributed by atoms with E-state index in [1.54, 1.807) is 32.2 Å². The van der Waals surface area contributed by atoms with Crippen LogP contribution in [0.3, 0.4) is 0 Å². The Morgan fingerprint density at radius 3 is 2.48 bits per heavy atom. The predicted octanol–water partition coefficient (Wildman–Crippen LogP) is 3.64. The summed E-state index contributed by atoms with van der Waals surface area (Å²) in [5, 5.41) is 3.22. The molecule has 0 aliphatic heterocycles. The van der Waals surface area contributed by atoms with Crippen LogP contribution in [0.4, 0.5) is 0 Å². The number of carbonyl (C=O) groups excluding carboxylic acids is 2. The Morgan fingerprint density at radius 2 is 1.84 bits per heavy atom. The van der Waals surface area contributed by atoms with E-state index in [-0.39, 0.29) is 18.3 Å². The molecule has 0 heterocycles. The van der Waals surface area contributed by atoms with Gasteiger partial charge in [-0.1, -0.05) is 30.7 Å².